The Morgan fingerprint density at radius 2 is 2.40 bits per heavy atom. The molecule has 1 aromatic heterocycles. The molecule has 0 fully saturated rings. The van der Waals surface area contributed by atoms with Crippen LogP contribution in [0.5, 0.6) is 0 Å². The first-order chi connectivity index (χ1) is 4.84. The van der Waals surface area contributed by atoms with Crippen LogP contribution in [0.1, 0.15) is 18.2 Å². The molecule has 0 spiro atoms. The third kappa shape index (κ3) is 1.61. The molecule has 0 saturated heterocycles. The Kier molecular flexibility index (Phi) is 2.51. The summed E-state index contributed by atoms with van der Waals surface area (Å²) in [5.41, 5.74) is 1.22. The Hall–Kier alpha value is -0.760. The minimum atomic E-state index is 0.843. The zero-order valence-corrected chi connectivity index (χ0v) is 6.48. The number of rotatable bonds is 3. The van der Waals surface area contributed by atoms with Crippen molar-refractivity contribution in [2.24, 2.45) is 0 Å². The van der Waals surface area contributed by atoms with E-state index in [2.05, 4.69) is 19.2 Å². The summed E-state index contributed by atoms with van der Waals surface area (Å²) >= 11 is 0. The summed E-state index contributed by atoms with van der Waals surface area (Å²) in [6, 6.07) is 1.98. The molecule has 0 unspecified atom stereocenters. The molecule has 1 N–H and O–H groups in total. The fraction of sp³-hybridized carbons (Fsp3) is 0.500. The Bertz CT molecular complexity index is 193. The molecule has 0 amide bonds. The zero-order valence-electron chi connectivity index (χ0n) is 6.48. The van der Waals surface area contributed by atoms with Crippen molar-refractivity contribution in [2.45, 2.75) is 20.4 Å². The molecule has 2 heteroatoms. The van der Waals surface area contributed by atoms with Crippen LogP contribution in [-0.2, 0) is 6.54 Å². The van der Waals surface area contributed by atoms with E-state index in [-0.39, 0.29) is 0 Å². The molecule has 0 saturated carbocycles. The quantitative estimate of drug-likeness (QED) is 0.689. The minimum Gasteiger partial charge on any atom is -0.468 e. The monoisotopic (exact) mass is 139 g/mol. The molecular weight excluding hydrogens is 126 g/mol. The topological polar surface area (TPSA) is 25.2 Å². The van der Waals surface area contributed by atoms with Crippen LogP contribution in [0, 0.1) is 6.92 Å². The summed E-state index contributed by atoms with van der Waals surface area (Å²) in [4.78, 5) is 0. The highest BCUT2D eigenvalue weighted by atomic mass is 16.3. The second-order valence-electron chi connectivity index (χ2n) is 2.31. The van der Waals surface area contributed by atoms with Gasteiger partial charge in [-0.15, -0.1) is 0 Å². The van der Waals surface area contributed by atoms with E-state index in [0.717, 1.165) is 18.8 Å². The number of aryl methyl sites for hydroxylation is 1. The third-order valence-electron chi connectivity index (χ3n) is 1.50. The number of furan rings is 1. The van der Waals surface area contributed by atoms with Gasteiger partial charge in [0.05, 0.1) is 12.8 Å². The maximum Gasteiger partial charge on any atom is 0.120 e. The zero-order chi connectivity index (χ0) is 7.40. The van der Waals surface area contributed by atoms with Gasteiger partial charge in [0.25, 0.3) is 0 Å². The molecule has 56 valence electrons. The van der Waals surface area contributed by atoms with Crippen LogP contribution in [-0.4, -0.2) is 6.54 Å². The van der Waals surface area contributed by atoms with Crippen molar-refractivity contribution in [1.29, 1.82) is 0 Å². The molecule has 0 radical (unpaired) electrons. The molecule has 10 heavy (non-hydrogen) atoms. The van der Waals surface area contributed by atoms with Crippen molar-refractivity contribution in [3.05, 3.63) is 23.7 Å². The van der Waals surface area contributed by atoms with Gasteiger partial charge in [0.1, 0.15) is 5.76 Å². The first-order valence-corrected chi connectivity index (χ1v) is 3.58. The van der Waals surface area contributed by atoms with E-state index in [0.29, 0.717) is 0 Å². The van der Waals surface area contributed by atoms with Crippen LogP contribution in [0.25, 0.3) is 0 Å². The Balaban J connectivity index is 2.49. The molecular formula is C8H13NO. The molecule has 2 nitrogen and oxygen atoms in total. The standard InChI is InChI=1S/C8H13NO/c1-3-9-6-8-7(2)4-5-10-8/h4-5,9H,3,6H2,1-2H3. The van der Waals surface area contributed by atoms with E-state index < -0.39 is 0 Å². The van der Waals surface area contributed by atoms with Crippen molar-refractivity contribution < 1.29 is 4.42 Å². The van der Waals surface area contributed by atoms with Gasteiger partial charge < -0.3 is 9.73 Å². The molecule has 0 aliphatic rings. The minimum absolute atomic E-state index is 0.843. The highest BCUT2D eigenvalue weighted by molar-refractivity contribution is 5.13. The molecule has 1 aromatic rings. The summed E-state index contributed by atoms with van der Waals surface area (Å²) in [5, 5.41) is 3.20. The molecule has 0 aliphatic carbocycles. The smallest absolute Gasteiger partial charge is 0.120 e. The maximum atomic E-state index is 5.20. The second-order valence-corrected chi connectivity index (χ2v) is 2.31. The third-order valence-corrected chi connectivity index (χ3v) is 1.50. The van der Waals surface area contributed by atoms with Crippen molar-refractivity contribution >= 4 is 0 Å². The Morgan fingerprint density at radius 3 is 2.90 bits per heavy atom. The maximum absolute atomic E-state index is 5.20. The SMILES string of the molecule is CCNCc1occc1C. The number of nitrogens with one attached hydrogen (secondary N) is 1. The lowest BCUT2D eigenvalue weighted by molar-refractivity contribution is 0.485. The first-order valence-electron chi connectivity index (χ1n) is 3.58. The summed E-state index contributed by atoms with van der Waals surface area (Å²) in [5.74, 6) is 1.04. The van der Waals surface area contributed by atoms with Gasteiger partial charge >= 0.3 is 0 Å². The van der Waals surface area contributed by atoms with E-state index in [1.807, 2.05) is 6.07 Å². The predicted molar refractivity (Wildman–Crippen MR) is 40.8 cm³/mol. The van der Waals surface area contributed by atoms with Crippen LogP contribution in [0.4, 0.5) is 0 Å². The summed E-state index contributed by atoms with van der Waals surface area (Å²) in [6.45, 7) is 5.96. The lowest BCUT2D eigenvalue weighted by atomic mass is 10.3. The van der Waals surface area contributed by atoms with E-state index in [1.54, 1.807) is 6.26 Å². The van der Waals surface area contributed by atoms with E-state index in [9.17, 15) is 0 Å². The lowest BCUT2D eigenvalue weighted by Crippen LogP contribution is -2.11. The van der Waals surface area contributed by atoms with Gasteiger partial charge in [0, 0.05) is 0 Å². The van der Waals surface area contributed by atoms with Crippen LogP contribution < -0.4 is 5.32 Å². The van der Waals surface area contributed by atoms with Gasteiger partial charge in [-0.3, -0.25) is 0 Å². The van der Waals surface area contributed by atoms with Crippen LogP contribution in [0.2, 0.25) is 0 Å². The fourth-order valence-corrected chi connectivity index (χ4v) is 0.824. The Morgan fingerprint density at radius 1 is 1.60 bits per heavy atom. The Labute approximate surface area is 61.2 Å². The molecule has 1 rings (SSSR count). The highest BCUT2D eigenvalue weighted by Gasteiger charge is 1.98. The van der Waals surface area contributed by atoms with Crippen molar-refractivity contribution in [1.82, 2.24) is 5.32 Å². The van der Waals surface area contributed by atoms with Gasteiger partial charge in [-0.05, 0) is 25.1 Å². The largest absolute Gasteiger partial charge is 0.468 e. The average molecular weight is 139 g/mol. The van der Waals surface area contributed by atoms with Crippen molar-refractivity contribution in [2.75, 3.05) is 6.54 Å². The number of hydrogen-bond donors (Lipinski definition) is 1. The normalized spacial score (nSPS) is 10.2. The number of hydrogen-bond acceptors (Lipinski definition) is 2. The van der Waals surface area contributed by atoms with Crippen molar-refractivity contribution in [3.8, 4) is 0 Å². The van der Waals surface area contributed by atoms with E-state index in [1.165, 1.54) is 5.56 Å². The molecule has 0 aliphatic heterocycles. The first kappa shape index (κ1) is 7.35. The second kappa shape index (κ2) is 3.42. The fourth-order valence-electron chi connectivity index (χ4n) is 0.824. The molecule has 1 heterocycles. The van der Waals surface area contributed by atoms with Crippen molar-refractivity contribution in [3.63, 3.8) is 0 Å². The molecule has 0 aromatic carbocycles. The van der Waals surface area contributed by atoms with Gasteiger partial charge in [0.15, 0.2) is 0 Å². The summed E-state index contributed by atoms with van der Waals surface area (Å²) < 4.78 is 5.20. The predicted octanol–water partition coefficient (Wildman–Crippen LogP) is 1.70. The van der Waals surface area contributed by atoms with E-state index in [4.69, 9.17) is 4.42 Å². The highest BCUT2D eigenvalue weighted by Crippen LogP contribution is 2.07. The van der Waals surface area contributed by atoms with E-state index >= 15 is 0 Å². The van der Waals surface area contributed by atoms with Crippen LogP contribution >= 0.6 is 0 Å². The molecule has 0 atom stereocenters. The molecule has 0 bridgehead atoms. The lowest BCUT2D eigenvalue weighted by Gasteiger charge is -1.97. The van der Waals surface area contributed by atoms with Gasteiger partial charge in [0.2, 0.25) is 0 Å². The summed E-state index contributed by atoms with van der Waals surface area (Å²) in [6.07, 6.45) is 1.72. The summed E-state index contributed by atoms with van der Waals surface area (Å²) in [7, 11) is 0. The average Bonchev–Trinajstić information content (AvgIpc) is 2.31. The van der Waals surface area contributed by atoms with Crippen LogP contribution in [0.3, 0.4) is 0 Å². The van der Waals surface area contributed by atoms with Gasteiger partial charge in [-0.1, -0.05) is 6.92 Å². The van der Waals surface area contributed by atoms with Crippen LogP contribution in [0.15, 0.2) is 16.7 Å². The van der Waals surface area contributed by atoms with Gasteiger partial charge in [-0.2, -0.15) is 0 Å². The van der Waals surface area contributed by atoms with Gasteiger partial charge in [-0.25, -0.2) is 0 Å².